The van der Waals surface area contributed by atoms with E-state index in [9.17, 15) is 14.4 Å². The zero-order valence-electron chi connectivity index (χ0n) is 18.2. The predicted molar refractivity (Wildman–Crippen MR) is 130 cm³/mol. The van der Waals surface area contributed by atoms with Gasteiger partial charge in [0, 0.05) is 10.7 Å². The standard InChI is InChI=1S/C23H24ClN3O5S/c1-3-11-32-18-9-7-16(8-10-18)25-20(28)13-19-22(30)27(17-6-4-5-15(24)12-17)23(33)26(19)14-21(29)31-2/h4-10,12,19H,3,11,13-14H2,1-2H3,(H,25,28)/t19-/m1/s1. The van der Waals surface area contributed by atoms with Crippen LogP contribution in [0.25, 0.3) is 0 Å². The third-order valence-corrected chi connectivity index (χ3v) is 5.55. The van der Waals surface area contributed by atoms with Gasteiger partial charge in [-0.15, -0.1) is 0 Å². The number of nitrogens with zero attached hydrogens (tertiary/aromatic N) is 2. The molecule has 0 aromatic heterocycles. The average molecular weight is 490 g/mol. The van der Waals surface area contributed by atoms with Crippen LogP contribution in [-0.2, 0) is 19.1 Å². The molecule has 1 heterocycles. The highest BCUT2D eigenvalue weighted by atomic mass is 35.5. The van der Waals surface area contributed by atoms with Gasteiger partial charge in [-0.1, -0.05) is 24.6 Å². The highest BCUT2D eigenvalue weighted by molar-refractivity contribution is 7.80. The zero-order chi connectivity index (χ0) is 24.0. The lowest BCUT2D eigenvalue weighted by atomic mass is 10.1. The molecule has 1 saturated heterocycles. The third kappa shape index (κ3) is 6.00. The molecule has 0 bridgehead atoms. The largest absolute Gasteiger partial charge is 0.494 e. The van der Waals surface area contributed by atoms with Crippen LogP contribution < -0.4 is 15.0 Å². The Morgan fingerprint density at radius 3 is 2.55 bits per heavy atom. The first-order valence-electron chi connectivity index (χ1n) is 10.3. The Hall–Kier alpha value is -3.17. The van der Waals surface area contributed by atoms with E-state index in [4.69, 9.17) is 33.3 Å². The van der Waals surface area contributed by atoms with Crippen molar-refractivity contribution in [2.45, 2.75) is 25.8 Å². The number of benzene rings is 2. The Balaban J connectivity index is 1.76. The van der Waals surface area contributed by atoms with Gasteiger partial charge in [0.15, 0.2) is 5.11 Å². The summed E-state index contributed by atoms with van der Waals surface area (Å²) in [6, 6.07) is 12.6. The number of hydrogen-bond acceptors (Lipinski definition) is 6. The van der Waals surface area contributed by atoms with Crippen molar-refractivity contribution < 1.29 is 23.9 Å². The number of carbonyl (C=O) groups is 3. The van der Waals surface area contributed by atoms with Crippen LogP contribution in [0.1, 0.15) is 19.8 Å². The summed E-state index contributed by atoms with van der Waals surface area (Å²) in [5, 5.41) is 3.29. The van der Waals surface area contributed by atoms with E-state index in [1.165, 1.54) is 16.9 Å². The van der Waals surface area contributed by atoms with Gasteiger partial charge in [0.1, 0.15) is 18.3 Å². The first-order chi connectivity index (χ1) is 15.8. The number of rotatable bonds is 9. The monoisotopic (exact) mass is 489 g/mol. The zero-order valence-corrected chi connectivity index (χ0v) is 19.8. The number of ether oxygens (including phenoxy) is 2. The van der Waals surface area contributed by atoms with Crippen LogP contribution in [0.2, 0.25) is 5.02 Å². The van der Waals surface area contributed by atoms with Gasteiger partial charge < -0.3 is 19.7 Å². The number of thiocarbonyl (C=S) groups is 1. The Kier molecular flexibility index (Phi) is 8.24. The maximum absolute atomic E-state index is 13.2. The molecule has 1 aliphatic rings. The number of halogens is 1. The molecule has 0 spiro atoms. The molecule has 2 aromatic carbocycles. The van der Waals surface area contributed by atoms with Crippen LogP contribution in [0.4, 0.5) is 11.4 Å². The van der Waals surface area contributed by atoms with Crippen molar-refractivity contribution in [3.05, 3.63) is 53.6 Å². The van der Waals surface area contributed by atoms with E-state index in [0.29, 0.717) is 28.8 Å². The van der Waals surface area contributed by atoms with Crippen molar-refractivity contribution in [2.75, 3.05) is 30.5 Å². The lowest BCUT2D eigenvalue weighted by Gasteiger charge is -2.22. The number of methoxy groups -OCH3 is 1. The minimum atomic E-state index is -0.970. The lowest BCUT2D eigenvalue weighted by molar-refractivity contribution is -0.141. The summed E-state index contributed by atoms with van der Waals surface area (Å²) in [5.41, 5.74) is 1.01. The smallest absolute Gasteiger partial charge is 0.325 e. The summed E-state index contributed by atoms with van der Waals surface area (Å²) in [5.74, 6) is -0.704. The molecule has 1 atom stereocenters. The molecule has 10 heteroatoms. The highest BCUT2D eigenvalue weighted by Crippen LogP contribution is 2.29. The molecule has 1 aliphatic heterocycles. The van der Waals surface area contributed by atoms with Gasteiger partial charge in [-0.3, -0.25) is 19.3 Å². The fraction of sp³-hybridized carbons (Fsp3) is 0.304. The molecule has 2 amide bonds. The molecule has 1 N–H and O–H groups in total. The normalized spacial score (nSPS) is 15.5. The summed E-state index contributed by atoms with van der Waals surface area (Å²) in [6.45, 7) is 2.36. The Bertz CT molecular complexity index is 1050. The number of amides is 2. The SMILES string of the molecule is CCCOc1ccc(NC(=O)C[C@@H]2C(=O)N(c3cccc(Cl)c3)C(=S)N2CC(=O)OC)cc1. The molecule has 0 unspecified atom stereocenters. The van der Waals surface area contributed by atoms with Crippen LogP contribution in [0.3, 0.4) is 0 Å². The lowest BCUT2D eigenvalue weighted by Crippen LogP contribution is -2.41. The van der Waals surface area contributed by atoms with Crippen molar-refractivity contribution in [2.24, 2.45) is 0 Å². The quantitative estimate of drug-likeness (QED) is 0.425. The number of carbonyl (C=O) groups excluding carboxylic acids is 3. The minimum absolute atomic E-state index is 0.0999. The number of anilines is 2. The first kappa shape index (κ1) is 24.5. The molecule has 174 valence electrons. The van der Waals surface area contributed by atoms with Gasteiger partial charge in [0.2, 0.25) is 5.91 Å². The van der Waals surface area contributed by atoms with Crippen molar-refractivity contribution in [1.82, 2.24) is 4.90 Å². The van der Waals surface area contributed by atoms with Crippen LogP contribution in [0.15, 0.2) is 48.5 Å². The summed E-state index contributed by atoms with van der Waals surface area (Å²) in [6.07, 6.45) is 0.686. The van der Waals surface area contributed by atoms with Crippen molar-refractivity contribution in [1.29, 1.82) is 0 Å². The number of esters is 1. The van der Waals surface area contributed by atoms with Gasteiger partial charge in [0.25, 0.3) is 5.91 Å². The molecule has 3 rings (SSSR count). The average Bonchev–Trinajstić information content (AvgIpc) is 3.02. The second kappa shape index (κ2) is 11.1. The Labute approximate surface area is 202 Å². The van der Waals surface area contributed by atoms with Crippen molar-refractivity contribution in [3.8, 4) is 5.75 Å². The molecular formula is C23H24ClN3O5S. The van der Waals surface area contributed by atoms with Gasteiger partial charge in [-0.25, -0.2) is 0 Å². The molecule has 0 radical (unpaired) electrons. The van der Waals surface area contributed by atoms with Gasteiger partial charge in [-0.05, 0) is 61.1 Å². The van der Waals surface area contributed by atoms with Crippen LogP contribution in [-0.4, -0.2) is 54.1 Å². The van der Waals surface area contributed by atoms with Gasteiger partial charge in [-0.2, -0.15) is 0 Å². The van der Waals surface area contributed by atoms with Crippen LogP contribution in [0.5, 0.6) is 5.75 Å². The van der Waals surface area contributed by atoms with Crippen LogP contribution >= 0.6 is 23.8 Å². The topological polar surface area (TPSA) is 88.2 Å². The van der Waals surface area contributed by atoms with E-state index >= 15 is 0 Å². The van der Waals surface area contributed by atoms with Gasteiger partial charge >= 0.3 is 5.97 Å². The maximum atomic E-state index is 13.2. The van der Waals surface area contributed by atoms with Crippen LogP contribution in [0, 0.1) is 0 Å². The molecule has 33 heavy (non-hydrogen) atoms. The van der Waals surface area contributed by atoms with E-state index in [-0.39, 0.29) is 18.1 Å². The summed E-state index contributed by atoms with van der Waals surface area (Å²) < 4.78 is 10.3. The number of nitrogens with one attached hydrogen (secondary N) is 1. The molecule has 1 fully saturated rings. The molecule has 2 aromatic rings. The van der Waals surface area contributed by atoms with Crippen molar-refractivity contribution >= 4 is 58.1 Å². The fourth-order valence-electron chi connectivity index (χ4n) is 3.31. The first-order valence-corrected chi connectivity index (χ1v) is 11.1. The maximum Gasteiger partial charge on any atom is 0.325 e. The molecule has 8 nitrogen and oxygen atoms in total. The second-order valence-corrected chi connectivity index (χ2v) is 8.08. The van der Waals surface area contributed by atoms with E-state index in [1.807, 2.05) is 6.92 Å². The minimum Gasteiger partial charge on any atom is -0.494 e. The van der Waals surface area contributed by atoms with Crippen molar-refractivity contribution in [3.63, 3.8) is 0 Å². The van der Waals surface area contributed by atoms with E-state index < -0.39 is 23.8 Å². The third-order valence-electron chi connectivity index (χ3n) is 4.90. The second-order valence-electron chi connectivity index (χ2n) is 7.28. The highest BCUT2D eigenvalue weighted by Gasteiger charge is 2.45. The molecular weight excluding hydrogens is 466 g/mol. The van der Waals surface area contributed by atoms with E-state index in [2.05, 4.69) is 5.32 Å². The molecule has 0 aliphatic carbocycles. The summed E-state index contributed by atoms with van der Waals surface area (Å²) in [7, 11) is 1.24. The summed E-state index contributed by atoms with van der Waals surface area (Å²) in [4.78, 5) is 40.6. The van der Waals surface area contributed by atoms with Gasteiger partial charge in [0.05, 0.1) is 25.8 Å². The molecule has 0 saturated carbocycles. The Morgan fingerprint density at radius 2 is 1.91 bits per heavy atom. The summed E-state index contributed by atoms with van der Waals surface area (Å²) >= 11 is 11.5. The number of hydrogen-bond donors (Lipinski definition) is 1. The fourth-order valence-corrected chi connectivity index (χ4v) is 3.88. The Morgan fingerprint density at radius 1 is 1.18 bits per heavy atom. The predicted octanol–water partition coefficient (Wildman–Crippen LogP) is 3.63. The van der Waals surface area contributed by atoms with E-state index in [1.54, 1.807) is 48.5 Å². The van der Waals surface area contributed by atoms with E-state index in [0.717, 1.165) is 6.42 Å².